The molecule has 0 heterocycles. The number of unbranched alkanes of at least 4 members (excludes halogenated alkanes) is 1. The van der Waals surface area contributed by atoms with Gasteiger partial charge in [-0.25, -0.2) is 8.78 Å². The Balaban J connectivity index is 1.35. The predicted octanol–water partition coefficient (Wildman–Crippen LogP) is 8.26. The molecule has 1 aromatic rings. The van der Waals surface area contributed by atoms with E-state index in [2.05, 4.69) is 0 Å². The van der Waals surface area contributed by atoms with Crippen molar-refractivity contribution in [2.75, 3.05) is 19.8 Å². The van der Waals surface area contributed by atoms with Gasteiger partial charge in [0, 0.05) is 25.9 Å². The van der Waals surface area contributed by atoms with Crippen molar-refractivity contribution in [1.82, 2.24) is 0 Å². The third-order valence-electron chi connectivity index (χ3n) is 8.18. The van der Waals surface area contributed by atoms with Gasteiger partial charge in [-0.15, -0.1) is 0 Å². The van der Waals surface area contributed by atoms with Crippen LogP contribution in [0, 0.1) is 29.4 Å². The first-order valence-corrected chi connectivity index (χ1v) is 15.8. The highest BCUT2D eigenvalue weighted by Crippen LogP contribution is 2.44. The first-order valence-electron chi connectivity index (χ1n) is 13.9. The van der Waals surface area contributed by atoms with E-state index >= 15 is 0 Å². The molecule has 0 saturated heterocycles. The molecule has 0 atom stereocenters. The van der Waals surface area contributed by atoms with Crippen molar-refractivity contribution < 1.29 is 22.1 Å². The summed E-state index contributed by atoms with van der Waals surface area (Å²) < 4.78 is 44.8. The lowest BCUT2D eigenvalue weighted by atomic mass is 9.68. The first kappa shape index (κ1) is 27.8. The van der Waals surface area contributed by atoms with Crippen LogP contribution in [0.5, 0.6) is 0 Å². The minimum absolute atomic E-state index is 0.392. The average Bonchev–Trinajstić information content (AvgIpc) is 2.85. The van der Waals surface area contributed by atoms with Gasteiger partial charge in [-0.2, -0.15) is 0 Å². The topological polar surface area (TPSA) is 27.7 Å². The monoisotopic (exact) mass is 496 g/mol. The van der Waals surface area contributed by atoms with Crippen molar-refractivity contribution in [2.24, 2.45) is 17.8 Å². The number of hydrogen-bond donors (Lipinski definition) is 0. The maximum atomic E-state index is 13.6. The molecule has 1 aromatic carbocycles. The van der Waals surface area contributed by atoms with Gasteiger partial charge in [0.05, 0.1) is 0 Å². The Morgan fingerprint density at radius 3 is 1.82 bits per heavy atom. The van der Waals surface area contributed by atoms with E-state index in [4.69, 9.17) is 13.3 Å². The van der Waals surface area contributed by atoms with Crippen LogP contribution in [0.3, 0.4) is 0 Å². The molecule has 3 nitrogen and oxygen atoms in total. The van der Waals surface area contributed by atoms with E-state index in [0.29, 0.717) is 25.7 Å². The third-order valence-corrected chi connectivity index (χ3v) is 11.3. The zero-order chi connectivity index (χ0) is 24.4. The Kier molecular flexibility index (Phi) is 11.5. The summed E-state index contributed by atoms with van der Waals surface area (Å²) >= 11 is 0. The van der Waals surface area contributed by atoms with E-state index in [1.165, 1.54) is 63.5 Å². The Hall–Kier alpha value is -0.823. The van der Waals surface area contributed by atoms with Gasteiger partial charge in [0.1, 0.15) is 0 Å². The summed E-state index contributed by atoms with van der Waals surface area (Å²) in [6, 6.07) is 5.40. The molecule has 2 aliphatic rings. The smallest absolute Gasteiger partial charge is 0.374 e. The molecule has 2 aliphatic carbocycles. The molecule has 194 valence electrons. The molecule has 0 aliphatic heterocycles. The summed E-state index contributed by atoms with van der Waals surface area (Å²) in [4.78, 5) is 0. The van der Waals surface area contributed by atoms with Crippen LogP contribution in [-0.4, -0.2) is 28.6 Å². The number of rotatable bonds is 13. The van der Waals surface area contributed by atoms with E-state index < -0.39 is 20.4 Å². The van der Waals surface area contributed by atoms with Crippen LogP contribution in [0.25, 0.3) is 0 Å². The predicted molar refractivity (Wildman–Crippen MR) is 136 cm³/mol. The van der Waals surface area contributed by atoms with Crippen molar-refractivity contribution in [2.45, 2.75) is 103 Å². The second-order valence-corrected chi connectivity index (χ2v) is 13.0. The standard InChI is InChI=1S/C28H46F2O3Si/c1-4-31-34(32-5-2,33-6-3)20-8-7-9-22-10-12-23(13-11-22)24-14-16-25(17-15-24)26-18-19-27(29)28(30)21-26/h18-19,21-25H,4-17,20H2,1-3H3. The fraction of sp³-hybridized carbons (Fsp3) is 0.786. The highest BCUT2D eigenvalue weighted by atomic mass is 28.4. The van der Waals surface area contributed by atoms with Gasteiger partial charge in [0.2, 0.25) is 0 Å². The highest BCUT2D eigenvalue weighted by molar-refractivity contribution is 6.60. The molecule has 0 bridgehead atoms. The Morgan fingerprint density at radius 1 is 0.735 bits per heavy atom. The first-order chi connectivity index (χ1) is 16.5. The normalized spacial score (nSPS) is 26.0. The maximum Gasteiger partial charge on any atom is 0.500 e. The average molecular weight is 497 g/mol. The number of halogens is 2. The SMILES string of the molecule is CCO[Si](CCCCC1CCC(C2CCC(c3ccc(F)c(F)c3)CC2)CC1)(OCC)OCC. The molecular weight excluding hydrogens is 450 g/mol. The van der Waals surface area contributed by atoms with Crippen LogP contribution >= 0.6 is 0 Å². The lowest BCUT2D eigenvalue weighted by Gasteiger charge is -2.38. The second-order valence-electron chi connectivity index (χ2n) is 10.3. The number of hydrogen-bond acceptors (Lipinski definition) is 3. The zero-order valence-electron chi connectivity index (χ0n) is 21.6. The number of benzene rings is 1. The van der Waals surface area contributed by atoms with Gasteiger partial charge >= 0.3 is 8.80 Å². The van der Waals surface area contributed by atoms with E-state index in [1.54, 1.807) is 6.07 Å². The molecule has 34 heavy (non-hydrogen) atoms. The third kappa shape index (κ3) is 7.84. The van der Waals surface area contributed by atoms with Crippen LogP contribution in [0.1, 0.15) is 103 Å². The van der Waals surface area contributed by atoms with E-state index in [0.717, 1.165) is 48.6 Å². The van der Waals surface area contributed by atoms with Crippen molar-refractivity contribution in [3.8, 4) is 0 Å². The lowest BCUT2D eigenvalue weighted by molar-refractivity contribution is 0.0704. The van der Waals surface area contributed by atoms with Crippen molar-refractivity contribution in [3.05, 3.63) is 35.4 Å². The highest BCUT2D eigenvalue weighted by Gasteiger charge is 2.39. The van der Waals surface area contributed by atoms with Gasteiger partial charge < -0.3 is 13.3 Å². The minimum atomic E-state index is -2.49. The summed E-state index contributed by atoms with van der Waals surface area (Å²) in [6.07, 6.45) is 13.8. The Labute approximate surface area is 207 Å². The van der Waals surface area contributed by atoms with Crippen LogP contribution in [0.2, 0.25) is 6.04 Å². The lowest BCUT2D eigenvalue weighted by Crippen LogP contribution is -2.45. The van der Waals surface area contributed by atoms with E-state index in [9.17, 15) is 8.78 Å². The van der Waals surface area contributed by atoms with Gasteiger partial charge in [-0.05, 0) is 107 Å². The minimum Gasteiger partial charge on any atom is -0.374 e. The molecule has 0 amide bonds. The van der Waals surface area contributed by atoms with E-state index in [-0.39, 0.29) is 0 Å². The van der Waals surface area contributed by atoms with Gasteiger partial charge in [0.25, 0.3) is 0 Å². The summed E-state index contributed by atoms with van der Waals surface area (Å²) in [5, 5.41) is 0. The summed E-state index contributed by atoms with van der Waals surface area (Å²) in [7, 11) is -2.49. The molecule has 2 fully saturated rings. The molecule has 0 spiro atoms. The second kappa shape index (κ2) is 14.1. The van der Waals surface area contributed by atoms with Crippen LogP contribution in [0.15, 0.2) is 18.2 Å². The summed E-state index contributed by atoms with van der Waals surface area (Å²) in [6.45, 7) is 8.02. The van der Waals surface area contributed by atoms with Crippen molar-refractivity contribution >= 4 is 8.80 Å². The molecule has 6 heteroatoms. The molecule has 2 saturated carbocycles. The quantitative estimate of drug-likeness (QED) is 0.203. The molecule has 0 radical (unpaired) electrons. The Bertz CT molecular complexity index is 699. The fourth-order valence-corrected chi connectivity index (χ4v) is 9.10. The fourth-order valence-electron chi connectivity index (χ4n) is 6.41. The van der Waals surface area contributed by atoms with Crippen molar-refractivity contribution in [3.63, 3.8) is 0 Å². The van der Waals surface area contributed by atoms with Crippen LogP contribution < -0.4 is 0 Å². The largest absolute Gasteiger partial charge is 0.500 e. The van der Waals surface area contributed by atoms with Crippen LogP contribution in [-0.2, 0) is 13.3 Å². The van der Waals surface area contributed by atoms with Crippen LogP contribution in [0.4, 0.5) is 8.78 Å². The molecule has 3 rings (SSSR count). The summed E-state index contributed by atoms with van der Waals surface area (Å²) in [5.74, 6) is 1.47. The molecule has 0 aromatic heterocycles. The Morgan fingerprint density at radius 2 is 1.29 bits per heavy atom. The van der Waals surface area contributed by atoms with E-state index in [1.807, 2.05) is 20.8 Å². The van der Waals surface area contributed by atoms with Gasteiger partial charge in [-0.1, -0.05) is 31.7 Å². The maximum absolute atomic E-state index is 13.6. The zero-order valence-corrected chi connectivity index (χ0v) is 22.6. The van der Waals surface area contributed by atoms with Crippen molar-refractivity contribution in [1.29, 1.82) is 0 Å². The van der Waals surface area contributed by atoms with Gasteiger partial charge in [-0.3, -0.25) is 0 Å². The molecule has 0 unspecified atom stereocenters. The summed E-state index contributed by atoms with van der Waals surface area (Å²) in [5.41, 5.74) is 0.978. The molecular formula is C28H46F2O3Si. The van der Waals surface area contributed by atoms with Gasteiger partial charge in [0.15, 0.2) is 11.6 Å². The molecule has 0 N–H and O–H groups in total.